The predicted molar refractivity (Wildman–Crippen MR) is 73.7 cm³/mol. The molecule has 0 N–H and O–H groups in total. The first-order valence-electron chi connectivity index (χ1n) is 7.68. The molecule has 2 unspecified atom stereocenters. The minimum atomic E-state index is -4.27. The molecule has 5 atom stereocenters. The average Bonchev–Trinajstić information content (AvgIpc) is 3.21. The van der Waals surface area contributed by atoms with E-state index in [2.05, 4.69) is 11.7 Å². The quantitative estimate of drug-likeness (QED) is 0.533. The van der Waals surface area contributed by atoms with E-state index in [1.807, 2.05) is 0 Å². The van der Waals surface area contributed by atoms with Crippen molar-refractivity contribution in [2.75, 3.05) is 27.4 Å². The lowest BCUT2D eigenvalue weighted by molar-refractivity contribution is -0.174. The van der Waals surface area contributed by atoms with Gasteiger partial charge in [0.15, 0.2) is 0 Å². The standard InChI is InChI=1S/C15H25F3O4/c1-14(20-3)7-4-5-10(19-2)12(14)13-11(22-13)6-8-21-9-15(16,17)18/h10-13H,4-9H2,1-3H3/t10-,11-,12?,13?,14-/m1/s1. The van der Waals surface area contributed by atoms with Crippen LogP contribution in [0.15, 0.2) is 0 Å². The maximum atomic E-state index is 12.0. The molecule has 2 rings (SSSR count). The Morgan fingerprint density at radius 1 is 1.27 bits per heavy atom. The topological polar surface area (TPSA) is 40.2 Å². The van der Waals surface area contributed by atoms with Crippen molar-refractivity contribution in [3.63, 3.8) is 0 Å². The molecule has 1 saturated heterocycles. The molecular weight excluding hydrogens is 301 g/mol. The van der Waals surface area contributed by atoms with Gasteiger partial charge in [-0.1, -0.05) is 0 Å². The fourth-order valence-electron chi connectivity index (χ4n) is 3.55. The maximum absolute atomic E-state index is 12.0. The molecular formula is C15H25F3O4. The SMILES string of the molecule is CO[C@@H]1CCC[C@@](C)(OC)C1C1O[C@@H]1CCOCC(F)(F)F. The van der Waals surface area contributed by atoms with Gasteiger partial charge in [-0.2, -0.15) is 13.2 Å². The van der Waals surface area contributed by atoms with Crippen LogP contribution in [0, 0.1) is 5.92 Å². The summed E-state index contributed by atoms with van der Waals surface area (Å²) in [5.74, 6) is 0.101. The largest absolute Gasteiger partial charge is 0.411 e. The zero-order chi connectivity index (χ0) is 16.4. The molecule has 2 fully saturated rings. The Hall–Kier alpha value is -0.370. The van der Waals surface area contributed by atoms with Gasteiger partial charge in [0.1, 0.15) is 6.61 Å². The van der Waals surface area contributed by atoms with Gasteiger partial charge < -0.3 is 18.9 Å². The minimum absolute atomic E-state index is 0.0234. The summed E-state index contributed by atoms with van der Waals surface area (Å²) in [6.07, 6.45) is -0.914. The van der Waals surface area contributed by atoms with Crippen LogP contribution in [-0.2, 0) is 18.9 Å². The van der Waals surface area contributed by atoms with E-state index in [4.69, 9.17) is 14.2 Å². The van der Waals surface area contributed by atoms with Crippen LogP contribution in [0.25, 0.3) is 0 Å². The molecule has 2 aliphatic rings. The van der Waals surface area contributed by atoms with Gasteiger partial charge in [-0.15, -0.1) is 0 Å². The van der Waals surface area contributed by atoms with Gasteiger partial charge in [0.25, 0.3) is 0 Å². The van der Waals surface area contributed by atoms with Gasteiger partial charge in [-0.25, -0.2) is 0 Å². The molecule has 1 heterocycles. The molecule has 0 aromatic carbocycles. The summed E-state index contributed by atoms with van der Waals surface area (Å²) in [5.41, 5.74) is -0.314. The number of rotatable bonds is 7. The average molecular weight is 326 g/mol. The molecule has 1 aliphatic carbocycles. The van der Waals surface area contributed by atoms with Crippen molar-refractivity contribution in [2.24, 2.45) is 5.92 Å². The van der Waals surface area contributed by atoms with Crippen molar-refractivity contribution in [1.29, 1.82) is 0 Å². The number of ether oxygens (including phenoxy) is 4. The van der Waals surface area contributed by atoms with Crippen LogP contribution in [0.3, 0.4) is 0 Å². The number of epoxide rings is 1. The number of methoxy groups -OCH3 is 2. The third-order valence-corrected chi connectivity index (χ3v) is 4.82. The number of alkyl halides is 3. The van der Waals surface area contributed by atoms with Gasteiger partial charge in [0, 0.05) is 26.7 Å². The Bertz CT molecular complexity index is 363. The highest BCUT2D eigenvalue weighted by Gasteiger charge is 2.56. The van der Waals surface area contributed by atoms with E-state index in [0.717, 1.165) is 19.3 Å². The van der Waals surface area contributed by atoms with Gasteiger partial charge >= 0.3 is 6.18 Å². The molecule has 22 heavy (non-hydrogen) atoms. The van der Waals surface area contributed by atoms with Crippen molar-refractivity contribution in [2.45, 2.75) is 62.7 Å². The zero-order valence-corrected chi connectivity index (χ0v) is 13.3. The first kappa shape index (κ1) is 18.0. The third-order valence-electron chi connectivity index (χ3n) is 4.82. The molecule has 0 aromatic heterocycles. The molecule has 0 aromatic rings. The summed E-state index contributed by atoms with van der Waals surface area (Å²) in [6, 6.07) is 0. The smallest absolute Gasteiger partial charge is 0.381 e. The van der Waals surface area contributed by atoms with Crippen molar-refractivity contribution in [3.8, 4) is 0 Å². The third kappa shape index (κ3) is 4.34. The van der Waals surface area contributed by atoms with Crippen LogP contribution in [0.1, 0.15) is 32.6 Å². The molecule has 1 aliphatic heterocycles. The van der Waals surface area contributed by atoms with Crippen LogP contribution >= 0.6 is 0 Å². The van der Waals surface area contributed by atoms with Gasteiger partial charge in [0.05, 0.1) is 23.9 Å². The highest BCUT2D eigenvalue weighted by atomic mass is 19.4. The van der Waals surface area contributed by atoms with Gasteiger partial charge in [0.2, 0.25) is 0 Å². The molecule has 0 radical (unpaired) electrons. The van der Waals surface area contributed by atoms with Crippen LogP contribution in [0.5, 0.6) is 0 Å². The second-order valence-electron chi connectivity index (χ2n) is 6.30. The molecule has 0 bridgehead atoms. The second kappa shape index (κ2) is 7.03. The molecule has 0 amide bonds. The van der Waals surface area contributed by atoms with E-state index >= 15 is 0 Å². The van der Waals surface area contributed by atoms with E-state index < -0.39 is 12.8 Å². The van der Waals surface area contributed by atoms with E-state index in [-0.39, 0.29) is 36.4 Å². The Labute approximate surface area is 129 Å². The van der Waals surface area contributed by atoms with Crippen molar-refractivity contribution in [3.05, 3.63) is 0 Å². The van der Waals surface area contributed by atoms with E-state index in [0.29, 0.717) is 6.42 Å². The van der Waals surface area contributed by atoms with E-state index in [1.54, 1.807) is 14.2 Å². The lowest BCUT2D eigenvalue weighted by Crippen LogP contribution is -2.50. The summed E-state index contributed by atoms with van der Waals surface area (Å²) >= 11 is 0. The van der Waals surface area contributed by atoms with E-state index in [9.17, 15) is 13.2 Å². The highest BCUT2D eigenvalue weighted by Crippen LogP contribution is 2.47. The summed E-state index contributed by atoms with van der Waals surface area (Å²) in [4.78, 5) is 0. The predicted octanol–water partition coefficient (Wildman–Crippen LogP) is 2.94. The van der Waals surface area contributed by atoms with E-state index in [1.165, 1.54) is 0 Å². The van der Waals surface area contributed by atoms with Crippen LogP contribution in [0.2, 0.25) is 0 Å². The molecule has 4 nitrogen and oxygen atoms in total. The van der Waals surface area contributed by atoms with Gasteiger partial charge in [-0.3, -0.25) is 0 Å². The zero-order valence-electron chi connectivity index (χ0n) is 13.3. The highest BCUT2D eigenvalue weighted by molar-refractivity contribution is 5.04. The normalized spacial score (nSPS) is 39.0. The van der Waals surface area contributed by atoms with Crippen LogP contribution in [-0.4, -0.2) is 57.5 Å². The summed E-state index contributed by atoms with van der Waals surface area (Å²) in [5, 5.41) is 0. The summed E-state index contributed by atoms with van der Waals surface area (Å²) < 4.78 is 57.7. The minimum Gasteiger partial charge on any atom is -0.381 e. The summed E-state index contributed by atoms with van der Waals surface area (Å²) in [7, 11) is 3.37. The first-order chi connectivity index (χ1) is 10.3. The monoisotopic (exact) mass is 326 g/mol. The molecule has 0 spiro atoms. The number of halogens is 3. The fourth-order valence-corrected chi connectivity index (χ4v) is 3.55. The molecule has 1 saturated carbocycles. The van der Waals surface area contributed by atoms with Crippen LogP contribution in [0.4, 0.5) is 13.2 Å². The molecule has 130 valence electrons. The summed E-state index contributed by atoms with van der Waals surface area (Å²) in [6.45, 7) is 0.904. The molecule has 7 heteroatoms. The number of hydrogen-bond acceptors (Lipinski definition) is 4. The fraction of sp³-hybridized carbons (Fsp3) is 1.00. The lowest BCUT2D eigenvalue weighted by atomic mass is 9.72. The Balaban J connectivity index is 1.83. The van der Waals surface area contributed by atoms with Crippen LogP contribution < -0.4 is 0 Å². The van der Waals surface area contributed by atoms with Gasteiger partial charge in [-0.05, 0) is 32.6 Å². The Morgan fingerprint density at radius 3 is 2.59 bits per heavy atom. The lowest BCUT2D eigenvalue weighted by Gasteiger charge is -2.44. The Kier molecular flexibility index (Phi) is 5.74. The van der Waals surface area contributed by atoms with Crippen molar-refractivity contribution in [1.82, 2.24) is 0 Å². The van der Waals surface area contributed by atoms with Crippen molar-refractivity contribution < 1.29 is 32.1 Å². The Morgan fingerprint density at radius 2 is 2.00 bits per heavy atom. The second-order valence-corrected chi connectivity index (χ2v) is 6.30. The maximum Gasteiger partial charge on any atom is 0.411 e. The first-order valence-corrected chi connectivity index (χ1v) is 7.68. The van der Waals surface area contributed by atoms with Crippen molar-refractivity contribution >= 4 is 0 Å². The number of hydrogen-bond donors (Lipinski definition) is 0.